The highest BCUT2D eigenvalue weighted by atomic mass is 19.1. The van der Waals surface area contributed by atoms with Crippen molar-refractivity contribution in [1.82, 2.24) is 4.90 Å². The van der Waals surface area contributed by atoms with Crippen molar-refractivity contribution >= 4 is 11.6 Å². The van der Waals surface area contributed by atoms with E-state index in [1.807, 2.05) is 0 Å². The number of carbonyl (C=O) groups excluding carboxylic acids is 1. The molecule has 0 aromatic heterocycles. The van der Waals surface area contributed by atoms with Crippen LogP contribution in [-0.2, 0) is 0 Å². The summed E-state index contributed by atoms with van der Waals surface area (Å²) in [6.45, 7) is 4.82. The van der Waals surface area contributed by atoms with E-state index in [0.717, 1.165) is 13.1 Å². The quantitative estimate of drug-likeness (QED) is 0.850. The maximum absolute atomic E-state index is 13.7. The molecule has 0 radical (unpaired) electrons. The SMILES string of the molecule is Cc1ccc(N2CCN(C(=O)c3ccccc3F)CC2)cc1. The zero-order chi connectivity index (χ0) is 15.5. The summed E-state index contributed by atoms with van der Waals surface area (Å²) >= 11 is 0. The number of rotatable bonds is 2. The highest BCUT2D eigenvalue weighted by Crippen LogP contribution is 2.18. The summed E-state index contributed by atoms with van der Waals surface area (Å²) < 4.78 is 13.7. The van der Waals surface area contributed by atoms with E-state index in [1.54, 1.807) is 23.1 Å². The molecule has 1 aliphatic heterocycles. The van der Waals surface area contributed by atoms with Gasteiger partial charge < -0.3 is 9.80 Å². The summed E-state index contributed by atoms with van der Waals surface area (Å²) in [6.07, 6.45) is 0. The average molecular weight is 298 g/mol. The molecule has 22 heavy (non-hydrogen) atoms. The number of carbonyl (C=O) groups is 1. The van der Waals surface area contributed by atoms with E-state index in [9.17, 15) is 9.18 Å². The monoisotopic (exact) mass is 298 g/mol. The number of piperazine rings is 1. The molecule has 4 heteroatoms. The van der Waals surface area contributed by atoms with E-state index in [0.29, 0.717) is 13.1 Å². The van der Waals surface area contributed by atoms with Crippen LogP contribution in [0.1, 0.15) is 15.9 Å². The summed E-state index contributed by atoms with van der Waals surface area (Å²) in [5.41, 5.74) is 2.56. The lowest BCUT2D eigenvalue weighted by molar-refractivity contribution is 0.0742. The Bertz CT molecular complexity index is 661. The van der Waals surface area contributed by atoms with Crippen molar-refractivity contribution in [3.05, 3.63) is 65.5 Å². The molecule has 114 valence electrons. The van der Waals surface area contributed by atoms with E-state index in [2.05, 4.69) is 36.1 Å². The topological polar surface area (TPSA) is 23.6 Å². The molecule has 3 rings (SSSR count). The van der Waals surface area contributed by atoms with Gasteiger partial charge in [-0.3, -0.25) is 4.79 Å². The highest BCUT2D eigenvalue weighted by Gasteiger charge is 2.23. The van der Waals surface area contributed by atoms with Gasteiger partial charge in [0, 0.05) is 31.9 Å². The molecule has 1 saturated heterocycles. The minimum absolute atomic E-state index is 0.159. The second kappa shape index (κ2) is 6.18. The second-order valence-electron chi connectivity index (χ2n) is 5.59. The molecule has 0 saturated carbocycles. The minimum Gasteiger partial charge on any atom is -0.368 e. The Morgan fingerprint density at radius 2 is 1.59 bits per heavy atom. The van der Waals surface area contributed by atoms with Gasteiger partial charge in [0.05, 0.1) is 5.56 Å². The van der Waals surface area contributed by atoms with Gasteiger partial charge in [-0.1, -0.05) is 29.8 Å². The number of nitrogens with zero attached hydrogens (tertiary/aromatic N) is 2. The fourth-order valence-electron chi connectivity index (χ4n) is 2.73. The molecule has 1 amide bonds. The zero-order valence-electron chi connectivity index (χ0n) is 12.6. The van der Waals surface area contributed by atoms with E-state index >= 15 is 0 Å². The molecule has 0 N–H and O–H groups in total. The Morgan fingerprint density at radius 3 is 2.23 bits per heavy atom. The highest BCUT2D eigenvalue weighted by molar-refractivity contribution is 5.94. The summed E-state index contributed by atoms with van der Waals surface area (Å²) in [7, 11) is 0. The van der Waals surface area contributed by atoms with Gasteiger partial charge in [-0.05, 0) is 31.2 Å². The van der Waals surface area contributed by atoms with Crippen LogP contribution in [0.15, 0.2) is 48.5 Å². The Labute approximate surface area is 130 Å². The third-order valence-corrected chi connectivity index (χ3v) is 4.07. The van der Waals surface area contributed by atoms with Crippen LogP contribution in [0.2, 0.25) is 0 Å². The van der Waals surface area contributed by atoms with E-state index < -0.39 is 5.82 Å². The number of amides is 1. The number of hydrogen-bond acceptors (Lipinski definition) is 2. The maximum atomic E-state index is 13.7. The molecule has 1 aliphatic rings. The Kier molecular flexibility index (Phi) is 4.09. The fraction of sp³-hybridized carbons (Fsp3) is 0.278. The number of anilines is 1. The molecular formula is C18H19FN2O. The summed E-state index contributed by atoms with van der Waals surface area (Å²) in [6, 6.07) is 14.5. The molecule has 0 unspecified atom stereocenters. The Hall–Kier alpha value is -2.36. The average Bonchev–Trinajstić information content (AvgIpc) is 2.56. The van der Waals surface area contributed by atoms with Crippen molar-refractivity contribution in [1.29, 1.82) is 0 Å². The molecular weight excluding hydrogens is 279 g/mol. The maximum Gasteiger partial charge on any atom is 0.256 e. The standard InChI is InChI=1S/C18H19FN2O/c1-14-6-8-15(9-7-14)20-10-12-21(13-11-20)18(22)16-4-2-3-5-17(16)19/h2-9H,10-13H2,1H3. The first kappa shape index (κ1) is 14.6. The Morgan fingerprint density at radius 1 is 0.955 bits per heavy atom. The van der Waals surface area contributed by atoms with Gasteiger partial charge in [0.1, 0.15) is 5.82 Å². The minimum atomic E-state index is -0.450. The molecule has 0 atom stereocenters. The van der Waals surface area contributed by atoms with Crippen molar-refractivity contribution in [3.8, 4) is 0 Å². The van der Waals surface area contributed by atoms with Crippen molar-refractivity contribution in [2.45, 2.75) is 6.92 Å². The van der Waals surface area contributed by atoms with E-state index in [1.165, 1.54) is 17.3 Å². The molecule has 1 fully saturated rings. The van der Waals surface area contributed by atoms with Crippen LogP contribution in [0, 0.1) is 12.7 Å². The van der Waals surface area contributed by atoms with Crippen LogP contribution in [0.25, 0.3) is 0 Å². The largest absolute Gasteiger partial charge is 0.368 e. The van der Waals surface area contributed by atoms with Crippen molar-refractivity contribution in [2.24, 2.45) is 0 Å². The molecule has 3 nitrogen and oxygen atoms in total. The van der Waals surface area contributed by atoms with Gasteiger partial charge in [0.15, 0.2) is 0 Å². The van der Waals surface area contributed by atoms with Crippen LogP contribution < -0.4 is 4.90 Å². The third-order valence-electron chi connectivity index (χ3n) is 4.07. The van der Waals surface area contributed by atoms with Crippen molar-refractivity contribution in [3.63, 3.8) is 0 Å². The van der Waals surface area contributed by atoms with Gasteiger partial charge in [0.2, 0.25) is 0 Å². The van der Waals surface area contributed by atoms with Crippen LogP contribution >= 0.6 is 0 Å². The van der Waals surface area contributed by atoms with Gasteiger partial charge in [-0.2, -0.15) is 0 Å². The number of benzene rings is 2. The fourth-order valence-corrected chi connectivity index (χ4v) is 2.73. The molecule has 0 bridgehead atoms. The third kappa shape index (κ3) is 2.96. The predicted octanol–water partition coefficient (Wildman–Crippen LogP) is 3.10. The van der Waals surface area contributed by atoms with Crippen molar-refractivity contribution < 1.29 is 9.18 Å². The summed E-state index contributed by atoms with van der Waals surface area (Å²) in [5, 5.41) is 0. The lowest BCUT2D eigenvalue weighted by Crippen LogP contribution is -2.49. The van der Waals surface area contributed by atoms with Gasteiger partial charge in [-0.15, -0.1) is 0 Å². The van der Waals surface area contributed by atoms with E-state index in [-0.39, 0.29) is 11.5 Å². The molecule has 0 spiro atoms. The number of hydrogen-bond donors (Lipinski definition) is 0. The van der Waals surface area contributed by atoms with E-state index in [4.69, 9.17) is 0 Å². The van der Waals surface area contributed by atoms with Gasteiger partial charge >= 0.3 is 0 Å². The van der Waals surface area contributed by atoms with Crippen LogP contribution in [0.3, 0.4) is 0 Å². The number of aryl methyl sites for hydroxylation is 1. The molecule has 2 aromatic rings. The normalized spacial score (nSPS) is 15.0. The van der Waals surface area contributed by atoms with Crippen LogP contribution in [0.4, 0.5) is 10.1 Å². The second-order valence-corrected chi connectivity index (χ2v) is 5.59. The van der Waals surface area contributed by atoms with Crippen molar-refractivity contribution in [2.75, 3.05) is 31.1 Å². The molecule has 0 aliphatic carbocycles. The lowest BCUT2D eigenvalue weighted by atomic mass is 10.1. The number of halogens is 1. The molecule has 2 aromatic carbocycles. The lowest BCUT2D eigenvalue weighted by Gasteiger charge is -2.36. The van der Waals surface area contributed by atoms with Crippen LogP contribution in [0.5, 0.6) is 0 Å². The first-order valence-corrected chi connectivity index (χ1v) is 7.50. The summed E-state index contributed by atoms with van der Waals surface area (Å²) in [5.74, 6) is -0.671. The zero-order valence-corrected chi connectivity index (χ0v) is 12.6. The first-order chi connectivity index (χ1) is 10.6. The van der Waals surface area contributed by atoms with Gasteiger partial charge in [0.25, 0.3) is 5.91 Å². The predicted molar refractivity (Wildman–Crippen MR) is 85.7 cm³/mol. The smallest absolute Gasteiger partial charge is 0.256 e. The first-order valence-electron chi connectivity index (χ1n) is 7.50. The van der Waals surface area contributed by atoms with Crippen LogP contribution in [-0.4, -0.2) is 37.0 Å². The summed E-state index contributed by atoms with van der Waals surface area (Å²) in [4.78, 5) is 16.4. The van der Waals surface area contributed by atoms with Gasteiger partial charge in [-0.25, -0.2) is 4.39 Å². The Balaban J connectivity index is 1.65. The molecule has 1 heterocycles.